The van der Waals surface area contributed by atoms with Crippen LogP contribution in [0.15, 0.2) is 58.4 Å². The van der Waals surface area contributed by atoms with Crippen LogP contribution in [0.4, 0.5) is 0 Å². The highest BCUT2D eigenvalue weighted by Gasteiger charge is 2.33. The van der Waals surface area contributed by atoms with E-state index in [2.05, 4.69) is 36.9 Å². The topological polar surface area (TPSA) is 71.7 Å². The van der Waals surface area contributed by atoms with Gasteiger partial charge in [-0.25, -0.2) is 8.42 Å². The van der Waals surface area contributed by atoms with Crippen LogP contribution in [-0.2, 0) is 21.4 Å². The van der Waals surface area contributed by atoms with Crippen molar-refractivity contribution in [3.05, 3.63) is 58.9 Å². The second-order valence-electron chi connectivity index (χ2n) is 8.52. The molecule has 1 aliphatic rings. The maximum absolute atomic E-state index is 13.1. The van der Waals surface area contributed by atoms with Crippen molar-refractivity contribution in [2.75, 3.05) is 13.1 Å². The normalized spacial score (nSPS) is 18.0. The summed E-state index contributed by atoms with van der Waals surface area (Å²) in [6, 6.07) is 14.6. The first-order valence-electron chi connectivity index (χ1n) is 11.0. The van der Waals surface area contributed by atoms with Crippen LogP contribution in [0.1, 0.15) is 38.2 Å². The van der Waals surface area contributed by atoms with E-state index in [1.807, 2.05) is 10.6 Å². The number of rotatable bonds is 5. The number of carbonyl (C=O) groups is 1. The van der Waals surface area contributed by atoms with Crippen molar-refractivity contribution < 1.29 is 13.2 Å². The maximum atomic E-state index is 13.1. The van der Waals surface area contributed by atoms with E-state index in [0.717, 1.165) is 10.2 Å². The zero-order valence-corrected chi connectivity index (χ0v) is 20.4. The molecule has 6 nitrogen and oxygen atoms in total. The largest absolute Gasteiger partial charge is 0.305 e. The van der Waals surface area contributed by atoms with Gasteiger partial charge in [0.15, 0.2) is 4.80 Å². The molecule has 1 unspecified atom stereocenters. The van der Waals surface area contributed by atoms with Crippen LogP contribution in [0.3, 0.4) is 0 Å². The zero-order valence-electron chi connectivity index (χ0n) is 18.8. The summed E-state index contributed by atoms with van der Waals surface area (Å²) in [5.41, 5.74) is 2.16. The average molecular weight is 482 g/mol. The van der Waals surface area contributed by atoms with Gasteiger partial charge >= 0.3 is 0 Å². The van der Waals surface area contributed by atoms with Gasteiger partial charge in [0.05, 0.1) is 27.6 Å². The number of fused-ring (bicyclic) bond motifs is 1. The quantitative estimate of drug-likeness (QED) is 0.518. The Bertz CT molecular complexity index is 1380. The van der Waals surface area contributed by atoms with Gasteiger partial charge in [0.1, 0.15) is 0 Å². The number of thiazole rings is 1. The van der Waals surface area contributed by atoms with Crippen LogP contribution < -0.4 is 4.80 Å². The zero-order chi connectivity index (χ0) is 23.6. The molecule has 1 atom stereocenters. The second-order valence-corrected chi connectivity index (χ2v) is 11.5. The van der Waals surface area contributed by atoms with Crippen molar-refractivity contribution in [2.24, 2.45) is 10.9 Å². The first-order chi connectivity index (χ1) is 15.8. The first kappa shape index (κ1) is 23.4. The third kappa shape index (κ3) is 4.81. The molecule has 0 N–H and O–H groups in total. The fourth-order valence-corrected chi connectivity index (χ4v) is 6.70. The lowest BCUT2D eigenvalue weighted by Gasteiger charge is -2.30. The van der Waals surface area contributed by atoms with Gasteiger partial charge in [-0.3, -0.25) is 4.79 Å². The molecule has 1 aliphatic heterocycles. The number of sulfonamides is 1. The molecule has 2 heterocycles. The summed E-state index contributed by atoms with van der Waals surface area (Å²) in [5.74, 6) is 2.26. The Morgan fingerprint density at radius 2 is 2.00 bits per heavy atom. The monoisotopic (exact) mass is 481 g/mol. The maximum Gasteiger partial charge on any atom is 0.252 e. The highest BCUT2D eigenvalue weighted by molar-refractivity contribution is 7.89. The molecule has 172 valence electrons. The van der Waals surface area contributed by atoms with E-state index in [9.17, 15) is 13.2 Å². The van der Waals surface area contributed by atoms with E-state index in [1.165, 1.54) is 21.2 Å². The molecule has 0 aliphatic carbocycles. The lowest BCUT2D eigenvalue weighted by atomic mass is 9.99. The molecular weight excluding hydrogens is 454 g/mol. The van der Waals surface area contributed by atoms with Crippen LogP contribution in [0.2, 0.25) is 0 Å². The van der Waals surface area contributed by atoms with Gasteiger partial charge in [-0.2, -0.15) is 9.30 Å². The molecule has 0 saturated carbocycles. The lowest BCUT2D eigenvalue weighted by Crippen LogP contribution is -2.42. The van der Waals surface area contributed by atoms with E-state index >= 15 is 0 Å². The summed E-state index contributed by atoms with van der Waals surface area (Å²) >= 11 is 1.44. The minimum Gasteiger partial charge on any atom is -0.305 e. The van der Waals surface area contributed by atoms with Crippen molar-refractivity contribution in [1.29, 1.82) is 0 Å². The van der Waals surface area contributed by atoms with Gasteiger partial charge in [-0.15, -0.1) is 6.42 Å². The number of terminal acetylenes is 1. The Kier molecular flexibility index (Phi) is 6.84. The van der Waals surface area contributed by atoms with Crippen molar-refractivity contribution in [2.45, 2.75) is 44.0 Å². The van der Waals surface area contributed by atoms with Gasteiger partial charge in [-0.05, 0) is 48.6 Å². The molecule has 0 bridgehead atoms. The molecule has 3 aromatic rings. The Balaban J connectivity index is 1.65. The summed E-state index contributed by atoms with van der Waals surface area (Å²) in [7, 11) is -3.64. The first-order valence-corrected chi connectivity index (χ1v) is 13.3. The minimum absolute atomic E-state index is 0.136. The third-order valence-corrected chi connectivity index (χ3v) is 8.86. The minimum atomic E-state index is -3.64. The van der Waals surface area contributed by atoms with E-state index in [4.69, 9.17) is 6.42 Å². The molecule has 1 amide bonds. The average Bonchev–Trinajstić information content (AvgIpc) is 3.16. The van der Waals surface area contributed by atoms with Crippen LogP contribution in [0.25, 0.3) is 10.2 Å². The van der Waals surface area contributed by atoms with Gasteiger partial charge in [0.25, 0.3) is 5.91 Å². The van der Waals surface area contributed by atoms with Crippen LogP contribution in [0, 0.1) is 18.3 Å². The number of aromatic nitrogens is 1. The number of hydrogen-bond donors (Lipinski definition) is 0. The Morgan fingerprint density at radius 3 is 2.70 bits per heavy atom. The molecular formula is C25H27N3O3S2. The highest BCUT2D eigenvalue weighted by atomic mass is 32.2. The second kappa shape index (κ2) is 9.64. The fourth-order valence-electron chi connectivity index (χ4n) is 4.07. The molecule has 1 aromatic heterocycles. The molecule has 33 heavy (non-hydrogen) atoms. The Morgan fingerprint density at radius 1 is 1.24 bits per heavy atom. The van der Waals surface area contributed by atoms with E-state index in [1.54, 1.807) is 30.3 Å². The number of carbonyl (C=O) groups excluding carboxylic acids is 1. The number of benzene rings is 2. The summed E-state index contributed by atoms with van der Waals surface area (Å²) in [4.78, 5) is 18.4. The Labute approximate surface area is 198 Å². The summed E-state index contributed by atoms with van der Waals surface area (Å²) in [5, 5.41) is 0. The van der Waals surface area contributed by atoms with Crippen LogP contribution in [-0.4, -0.2) is 36.3 Å². The molecule has 4 rings (SSSR count). The van der Waals surface area contributed by atoms with Gasteiger partial charge < -0.3 is 4.57 Å². The van der Waals surface area contributed by atoms with Crippen molar-refractivity contribution in [3.63, 3.8) is 0 Å². The number of nitrogens with zero attached hydrogens (tertiary/aromatic N) is 3. The van der Waals surface area contributed by atoms with Gasteiger partial charge in [0, 0.05) is 13.1 Å². The van der Waals surface area contributed by atoms with E-state index < -0.39 is 15.9 Å². The predicted molar refractivity (Wildman–Crippen MR) is 131 cm³/mol. The fraction of sp³-hybridized carbons (Fsp3) is 0.360. The van der Waals surface area contributed by atoms with Crippen LogP contribution >= 0.6 is 11.3 Å². The molecule has 1 fully saturated rings. The molecule has 1 saturated heterocycles. The molecule has 8 heteroatoms. The van der Waals surface area contributed by atoms with Gasteiger partial charge in [-0.1, -0.05) is 55.4 Å². The summed E-state index contributed by atoms with van der Waals surface area (Å²) < 4.78 is 30.3. The van der Waals surface area contributed by atoms with Crippen molar-refractivity contribution >= 4 is 37.5 Å². The Hall–Kier alpha value is -2.73. The third-order valence-electron chi connectivity index (χ3n) is 5.94. The summed E-state index contributed by atoms with van der Waals surface area (Å²) in [6.45, 7) is 5.12. The number of piperidine rings is 1. The van der Waals surface area contributed by atoms with E-state index in [-0.39, 0.29) is 17.3 Å². The summed E-state index contributed by atoms with van der Waals surface area (Å²) in [6.07, 6.45) is 6.82. The SMILES string of the molecule is C#CCn1c(=NC(=O)C2CCCN(S(=O)(=O)c3ccccc3)C2)sc2cc(C(C)C)ccc21. The molecule has 0 spiro atoms. The van der Waals surface area contributed by atoms with E-state index in [0.29, 0.717) is 36.7 Å². The smallest absolute Gasteiger partial charge is 0.252 e. The van der Waals surface area contributed by atoms with Crippen molar-refractivity contribution in [1.82, 2.24) is 8.87 Å². The standard InChI is InChI=1S/C25H27N3O3S2/c1-4-14-28-22-13-12-19(18(2)3)16-23(22)32-25(28)26-24(29)20-9-8-15-27(17-20)33(30,31)21-10-6-5-7-11-21/h1,5-7,10-13,16,18,20H,8-9,14-15,17H2,2-3H3. The lowest BCUT2D eigenvalue weighted by molar-refractivity contribution is -0.122. The molecule has 2 aromatic carbocycles. The molecule has 0 radical (unpaired) electrons. The highest BCUT2D eigenvalue weighted by Crippen LogP contribution is 2.26. The van der Waals surface area contributed by atoms with Gasteiger partial charge in [0.2, 0.25) is 10.0 Å². The number of hydrogen-bond acceptors (Lipinski definition) is 4. The predicted octanol–water partition coefficient (Wildman–Crippen LogP) is 3.99. The van der Waals surface area contributed by atoms with Crippen LogP contribution in [0.5, 0.6) is 0 Å². The van der Waals surface area contributed by atoms with Crippen molar-refractivity contribution in [3.8, 4) is 12.3 Å². The number of amides is 1.